The molecule has 4 aliphatic rings. The van der Waals surface area contributed by atoms with E-state index in [1.54, 1.807) is 11.1 Å². The largest absolute Gasteiger partial charge is 0.365 e. The average Bonchev–Trinajstić information content (AvgIpc) is 3.41. The molecule has 2 aliphatic carbocycles. The molecule has 2 fully saturated rings. The number of unbranched alkanes of at least 4 members (excludes halogenated alkanes) is 1. The maximum atomic E-state index is 5.70. The molecule has 2 heterocycles. The highest BCUT2D eigenvalue weighted by Crippen LogP contribution is 2.40. The molecule has 0 N–H and O–H groups in total. The second-order valence-electron chi connectivity index (χ2n) is 8.10. The van der Waals surface area contributed by atoms with Crippen LogP contribution in [0, 0.1) is 11.8 Å². The maximum absolute atomic E-state index is 5.70. The van der Waals surface area contributed by atoms with Gasteiger partial charge in [0.05, 0.1) is 12.2 Å². The molecule has 3 heteroatoms. The molecule has 0 spiro atoms. The highest BCUT2D eigenvalue weighted by atomic mass is 16.6. The van der Waals surface area contributed by atoms with Gasteiger partial charge < -0.3 is 9.47 Å². The second kappa shape index (κ2) is 6.34. The molecule has 0 aromatic heterocycles. The van der Waals surface area contributed by atoms with Crippen molar-refractivity contribution < 1.29 is 9.47 Å². The maximum Gasteiger partial charge on any atom is 0.103 e. The highest BCUT2D eigenvalue weighted by molar-refractivity contribution is 5.24. The summed E-state index contributed by atoms with van der Waals surface area (Å²) >= 11 is 0. The second-order valence-corrected chi connectivity index (χ2v) is 8.10. The van der Waals surface area contributed by atoms with Gasteiger partial charge in [-0.15, -0.1) is 0 Å². The van der Waals surface area contributed by atoms with Crippen molar-refractivity contribution in [1.29, 1.82) is 0 Å². The molecule has 128 valence electrons. The minimum Gasteiger partial charge on any atom is -0.365 e. The summed E-state index contributed by atoms with van der Waals surface area (Å²) in [5.41, 5.74) is 3.20. The topological polar surface area (TPSA) is 28.3 Å². The Morgan fingerprint density at radius 1 is 0.957 bits per heavy atom. The summed E-state index contributed by atoms with van der Waals surface area (Å²) in [6.07, 6.45) is 11.7. The van der Waals surface area contributed by atoms with Crippen LogP contribution in [0.4, 0.5) is 0 Å². The third kappa shape index (κ3) is 3.57. The third-order valence-electron chi connectivity index (χ3n) is 6.08. The lowest BCUT2D eigenvalue weighted by molar-refractivity contribution is 0.289. The Morgan fingerprint density at radius 2 is 1.48 bits per heavy atom. The van der Waals surface area contributed by atoms with Crippen LogP contribution in [-0.2, 0) is 9.47 Å². The van der Waals surface area contributed by atoms with Gasteiger partial charge in [0.2, 0.25) is 0 Å². The molecule has 0 aromatic carbocycles. The van der Waals surface area contributed by atoms with Crippen molar-refractivity contribution in [2.75, 3.05) is 19.6 Å². The summed E-state index contributed by atoms with van der Waals surface area (Å²) in [4.78, 5) is 2.67. The van der Waals surface area contributed by atoms with Crippen molar-refractivity contribution in [3.63, 3.8) is 0 Å². The van der Waals surface area contributed by atoms with E-state index in [0.717, 1.165) is 13.1 Å². The number of hydrogen-bond donors (Lipinski definition) is 0. The Labute approximate surface area is 140 Å². The molecule has 2 saturated heterocycles. The molecule has 3 nitrogen and oxygen atoms in total. The van der Waals surface area contributed by atoms with E-state index >= 15 is 0 Å². The number of hydrogen-bond acceptors (Lipinski definition) is 3. The Balaban J connectivity index is 1.42. The lowest BCUT2D eigenvalue weighted by atomic mass is 9.87. The number of ether oxygens (including phenoxy) is 2. The smallest absolute Gasteiger partial charge is 0.103 e. The van der Waals surface area contributed by atoms with Gasteiger partial charge >= 0.3 is 0 Å². The number of epoxide rings is 2. The van der Waals surface area contributed by atoms with Crippen molar-refractivity contribution in [2.24, 2.45) is 11.8 Å². The average molecular weight is 317 g/mol. The first kappa shape index (κ1) is 15.9. The van der Waals surface area contributed by atoms with Crippen LogP contribution in [0.3, 0.4) is 0 Å². The van der Waals surface area contributed by atoms with E-state index in [1.807, 2.05) is 0 Å². The summed E-state index contributed by atoms with van der Waals surface area (Å²) in [7, 11) is 0. The Morgan fingerprint density at radius 3 is 1.96 bits per heavy atom. The van der Waals surface area contributed by atoms with Gasteiger partial charge in [-0.1, -0.05) is 50.5 Å². The molecule has 2 aliphatic heterocycles. The Hall–Kier alpha value is -0.640. The Bertz CT molecular complexity index is 470. The fraction of sp³-hybridized carbons (Fsp3) is 0.800. The quantitative estimate of drug-likeness (QED) is 0.531. The van der Waals surface area contributed by atoms with Gasteiger partial charge in [0.25, 0.3) is 0 Å². The van der Waals surface area contributed by atoms with Crippen molar-refractivity contribution in [2.45, 2.75) is 70.9 Å². The summed E-state index contributed by atoms with van der Waals surface area (Å²) in [5, 5.41) is 0. The fourth-order valence-electron chi connectivity index (χ4n) is 4.26. The van der Waals surface area contributed by atoms with Crippen LogP contribution in [-0.4, -0.2) is 49.0 Å². The van der Waals surface area contributed by atoms with Gasteiger partial charge in [-0.05, 0) is 37.6 Å². The first-order valence-corrected chi connectivity index (χ1v) is 9.58. The predicted molar refractivity (Wildman–Crippen MR) is 92.4 cm³/mol. The minimum absolute atomic E-state index is 0.433. The summed E-state index contributed by atoms with van der Waals surface area (Å²) in [5.74, 6) is 1.36. The molecule has 6 atom stereocenters. The molecule has 0 saturated carbocycles. The van der Waals surface area contributed by atoms with Crippen LogP contribution in [0.5, 0.6) is 0 Å². The first-order valence-electron chi connectivity index (χ1n) is 9.58. The molecule has 6 unspecified atom stereocenters. The SMILES string of the molecule is CCCCN(CC1=CC2OC2CC1C)CC1=CC2OC2CC1C. The van der Waals surface area contributed by atoms with Crippen LogP contribution in [0.2, 0.25) is 0 Å². The van der Waals surface area contributed by atoms with Crippen LogP contribution >= 0.6 is 0 Å². The fourth-order valence-corrected chi connectivity index (χ4v) is 4.26. The zero-order chi connectivity index (χ0) is 16.0. The van der Waals surface area contributed by atoms with E-state index in [4.69, 9.17) is 9.47 Å². The zero-order valence-corrected chi connectivity index (χ0v) is 14.8. The standard InChI is InChI=1S/C20H31NO2/c1-4-5-6-21(11-15-9-19-17(22-19)7-13(15)2)12-16-10-20-18(23-20)8-14(16)3/h9-10,13-14,17-20H,4-8,11-12H2,1-3H3. The van der Waals surface area contributed by atoms with E-state index in [9.17, 15) is 0 Å². The minimum atomic E-state index is 0.433. The van der Waals surface area contributed by atoms with Crippen LogP contribution < -0.4 is 0 Å². The molecular weight excluding hydrogens is 286 g/mol. The summed E-state index contributed by atoms with van der Waals surface area (Å²) in [6.45, 7) is 10.5. The van der Waals surface area contributed by atoms with Crippen molar-refractivity contribution in [1.82, 2.24) is 4.90 Å². The molecule has 23 heavy (non-hydrogen) atoms. The Kier molecular flexibility index (Phi) is 4.38. The van der Waals surface area contributed by atoms with Gasteiger partial charge in [-0.2, -0.15) is 0 Å². The lowest BCUT2D eigenvalue weighted by Crippen LogP contribution is -2.33. The van der Waals surface area contributed by atoms with Crippen molar-refractivity contribution in [3.05, 3.63) is 23.3 Å². The highest BCUT2D eigenvalue weighted by Gasteiger charge is 2.43. The monoisotopic (exact) mass is 317 g/mol. The van der Waals surface area contributed by atoms with Crippen LogP contribution in [0.1, 0.15) is 46.5 Å². The molecular formula is C20H31NO2. The third-order valence-corrected chi connectivity index (χ3v) is 6.08. The van der Waals surface area contributed by atoms with Gasteiger partial charge in [0.15, 0.2) is 0 Å². The molecule has 0 amide bonds. The van der Waals surface area contributed by atoms with Gasteiger partial charge in [0.1, 0.15) is 12.2 Å². The zero-order valence-electron chi connectivity index (χ0n) is 14.8. The van der Waals surface area contributed by atoms with E-state index in [-0.39, 0.29) is 0 Å². The summed E-state index contributed by atoms with van der Waals surface area (Å²) in [6, 6.07) is 0. The van der Waals surface area contributed by atoms with E-state index in [0.29, 0.717) is 36.3 Å². The van der Waals surface area contributed by atoms with Crippen molar-refractivity contribution in [3.8, 4) is 0 Å². The molecule has 4 rings (SSSR count). The van der Waals surface area contributed by atoms with Gasteiger partial charge in [-0.25, -0.2) is 0 Å². The van der Waals surface area contributed by atoms with E-state index in [2.05, 4.69) is 37.8 Å². The van der Waals surface area contributed by atoms with E-state index in [1.165, 1.54) is 32.2 Å². The first-order chi connectivity index (χ1) is 11.1. The van der Waals surface area contributed by atoms with Gasteiger partial charge in [-0.3, -0.25) is 4.90 Å². The van der Waals surface area contributed by atoms with Crippen LogP contribution in [0.15, 0.2) is 23.3 Å². The number of nitrogens with zero attached hydrogens (tertiary/aromatic N) is 1. The molecule has 0 aromatic rings. The van der Waals surface area contributed by atoms with Crippen molar-refractivity contribution >= 4 is 0 Å². The van der Waals surface area contributed by atoms with Crippen LogP contribution in [0.25, 0.3) is 0 Å². The van der Waals surface area contributed by atoms with Gasteiger partial charge in [0, 0.05) is 13.1 Å². The predicted octanol–water partition coefficient (Wildman–Crippen LogP) is 3.56. The summed E-state index contributed by atoms with van der Waals surface area (Å²) < 4.78 is 11.4. The number of rotatable bonds is 7. The van der Waals surface area contributed by atoms with E-state index < -0.39 is 0 Å². The lowest BCUT2D eigenvalue weighted by Gasteiger charge is -2.30. The number of fused-ring (bicyclic) bond motifs is 2. The molecule has 0 radical (unpaired) electrons. The normalized spacial score (nSPS) is 41.0. The molecule has 0 bridgehead atoms.